The predicted molar refractivity (Wildman–Crippen MR) is 120 cm³/mol. The summed E-state index contributed by atoms with van der Waals surface area (Å²) >= 11 is 0. The maximum absolute atomic E-state index is 13.2. The van der Waals surface area contributed by atoms with E-state index in [1.165, 1.54) is 12.5 Å². The molecule has 2 saturated carbocycles. The van der Waals surface area contributed by atoms with Gasteiger partial charge in [0.05, 0.1) is 5.69 Å². The van der Waals surface area contributed by atoms with Crippen LogP contribution in [0, 0.1) is 5.92 Å². The number of hydrogen-bond donors (Lipinski definition) is 1. The second-order valence-corrected chi connectivity index (χ2v) is 9.63. The quantitative estimate of drug-likeness (QED) is 0.553. The van der Waals surface area contributed by atoms with Gasteiger partial charge >= 0.3 is 0 Å². The Morgan fingerprint density at radius 1 is 1.13 bits per heavy atom. The van der Waals surface area contributed by atoms with Crippen molar-refractivity contribution in [3.05, 3.63) is 48.2 Å². The van der Waals surface area contributed by atoms with Crippen molar-refractivity contribution in [1.29, 1.82) is 0 Å². The largest absolute Gasteiger partial charge is 0.350 e. The standard InChI is InChI=1S/C26H30N2O3/c1-2-25(31)27-20-7-4-3-6-17(20)16-24(30)19-9-8-18-14-22-23(29)10-13-26(11-5-12-26)28(22)21(18)15-19/h2,8-9,14-15,17,20H,1,3-7,10-13,16H2,(H,27,31). The normalized spacial score (nSPS) is 24.5. The molecule has 1 N–H and O–H groups in total. The molecule has 5 heteroatoms. The van der Waals surface area contributed by atoms with Crippen LogP contribution in [0.1, 0.15) is 85.1 Å². The number of nitrogens with zero attached hydrogens (tertiary/aromatic N) is 1. The number of aromatic nitrogens is 1. The molecule has 1 aromatic heterocycles. The van der Waals surface area contributed by atoms with E-state index in [4.69, 9.17) is 0 Å². The Morgan fingerprint density at radius 2 is 1.94 bits per heavy atom. The minimum atomic E-state index is -0.166. The highest BCUT2D eigenvalue weighted by Gasteiger charge is 2.44. The number of hydrogen-bond acceptors (Lipinski definition) is 3. The molecule has 2 aliphatic carbocycles. The number of Topliss-reactive ketones (excluding diaryl/α,β-unsaturated/α-hetero) is 2. The van der Waals surface area contributed by atoms with Gasteiger partial charge < -0.3 is 9.88 Å². The van der Waals surface area contributed by atoms with Crippen LogP contribution in [0.3, 0.4) is 0 Å². The molecule has 1 aromatic carbocycles. The lowest BCUT2D eigenvalue weighted by molar-refractivity contribution is -0.117. The molecule has 3 aliphatic rings. The summed E-state index contributed by atoms with van der Waals surface area (Å²) in [5, 5.41) is 4.07. The molecule has 0 bridgehead atoms. The van der Waals surface area contributed by atoms with Crippen LogP contribution in [-0.4, -0.2) is 28.1 Å². The predicted octanol–water partition coefficient (Wildman–Crippen LogP) is 4.93. The second kappa shape index (κ2) is 7.77. The average molecular weight is 419 g/mol. The summed E-state index contributed by atoms with van der Waals surface area (Å²) in [4.78, 5) is 37.6. The van der Waals surface area contributed by atoms with Crippen molar-refractivity contribution in [1.82, 2.24) is 9.88 Å². The van der Waals surface area contributed by atoms with E-state index in [-0.39, 0.29) is 35.0 Å². The Kier molecular flexibility index (Phi) is 5.07. The second-order valence-electron chi connectivity index (χ2n) is 9.63. The summed E-state index contributed by atoms with van der Waals surface area (Å²) in [6.07, 6.45) is 10.7. The molecule has 1 amide bonds. The first kappa shape index (κ1) is 20.2. The first-order valence-corrected chi connectivity index (χ1v) is 11.7. The summed E-state index contributed by atoms with van der Waals surface area (Å²) in [6, 6.07) is 7.93. The summed E-state index contributed by atoms with van der Waals surface area (Å²) in [5.41, 5.74) is 2.61. The number of benzene rings is 1. The van der Waals surface area contributed by atoms with E-state index in [1.807, 2.05) is 24.3 Å². The van der Waals surface area contributed by atoms with Crippen molar-refractivity contribution < 1.29 is 14.4 Å². The smallest absolute Gasteiger partial charge is 0.243 e. The molecule has 2 heterocycles. The van der Waals surface area contributed by atoms with E-state index >= 15 is 0 Å². The van der Waals surface area contributed by atoms with E-state index in [9.17, 15) is 14.4 Å². The number of ketones is 2. The van der Waals surface area contributed by atoms with E-state index in [0.29, 0.717) is 18.4 Å². The average Bonchev–Trinajstić information content (AvgIpc) is 3.14. The molecular formula is C26H30N2O3. The SMILES string of the molecule is C=CC(=O)NC1CCCCC1CC(=O)c1ccc2cc3n(c2c1)C1(CCC1)CCC3=O. The van der Waals surface area contributed by atoms with Gasteiger partial charge in [-0.3, -0.25) is 14.4 Å². The Hall–Kier alpha value is -2.69. The molecule has 5 nitrogen and oxygen atoms in total. The van der Waals surface area contributed by atoms with Crippen LogP contribution in [0.25, 0.3) is 10.9 Å². The van der Waals surface area contributed by atoms with E-state index in [0.717, 1.165) is 61.5 Å². The van der Waals surface area contributed by atoms with E-state index < -0.39 is 0 Å². The molecule has 2 unspecified atom stereocenters. The number of carbonyl (C=O) groups excluding carboxylic acids is 3. The number of nitrogens with one attached hydrogen (secondary N) is 1. The molecule has 2 fully saturated rings. The molecule has 0 saturated heterocycles. The van der Waals surface area contributed by atoms with Crippen molar-refractivity contribution in [2.24, 2.45) is 5.92 Å². The zero-order chi connectivity index (χ0) is 21.6. The van der Waals surface area contributed by atoms with Crippen LogP contribution in [0.2, 0.25) is 0 Å². The van der Waals surface area contributed by atoms with Crippen LogP contribution in [-0.2, 0) is 10.3 Å². The van der Waals surface area contributed by atoms with Crippen LogP contribution in [0.5, 0.6) is 0 Å². The van der Waals surface area contributed by atoms with Crippen molar-refractivity contribution >= 4 is 28.4 Å². The third-order valence-electron chi connectivity index (χ3n) is 7.86. The topological polar surface area (TPSA) is 68.2 Å². The summed E-state index contributed by atoms with van der Waals surface area (Å²) in [7, 11) is 0. The van der Waals surface area contributed by atoms with Crippen molar-refractivity contribution in [2.75, 3.05) is 0 Å². The van der Waals surface area contributed by atoms with Crippen LogP contribution >= 0.6 is 0 Å². The lowest BCUT2D eigenvalue weighted by Gasteiger charge is -2.47. The third-order valence-corrected chi connectivity index (χ3v) is 7.86. The monoisotopic (exact) mass is 418 g/mol. The molecule has 0 radical (unpaired) electrons. The molecule has 5 rings (SSSR count). The fourth-order valence-electron chi connectivity index (χ4n) is 5.97. The fourth-order valence-corrected chi connectivity index (χ4v) is 5.97. The molecular weight excluding hydrogens is 388 g/mol. The van der Waals surface area contributed by atoms with Gasteiger partial charge in [0.2, 0.25) is 5.91 Å². The number of rotatable bonds is 5. The molecule has 2 aromatic rings. The Labute approximate surface area is 182 Å². The van der Waals surface area contributed by atoms with Crippen molar-refractivity contribution in [3.63, 3.8) is 0 Å². The Balaban J connectivity index is 1.43. The van der Waals surface area contributed by atoms with Gasteiger partial charge in [0.1, 0.15) is 0 Å². The maximum Gasteiger partial charge on any atom is 0.243 e. The first-order valence-electron chi connectivity index (χ1n) is 11.7. The van der Waals surface area contributed by atoms with Gasteiger partial charge in [0, 0.05) is 40.9 Å². The van der Waals surface area contributed by atoms with Crippen LogP contribution < -0.4 is 5.32 Å². The lowest BCUT2D eigenvalue weighted by Crippen LogP contribution is -2.45. The highest BCUT2D eigenvalue weighted by atomic mass is 16.1. The Morgan fingerprint density at radius 3 is 2.68 bits per heavy atom. The molecule has 1 spiro atoms. The molecule has 2 atom stereocenters. The first-order chi connectivity index (χ1) is 15.0. The highest BCUT2D eigenvalue weighted by Crippen LogP contribution is 2.49. The fraction of sp³-hybridized carbons (Fsp3) is 0.500. The molecule has 31 heavy (non-hydrogen) atoms. The minimum absolute atomic E-state index is 0.0314. The number of amides is 1. The van der Waals surface area contributed by atoms with Gasteiger partial charge in [0.25, 0.3) is 0 Å². The van der Waals surface area contributed by atoms with Crippen LogP contribution in [0.15, 0.2) is 36.9 Å². The maximum atomic E-state index is 13.2. The highest BCUT2D eigenvalue weighted by molar-refractivity contribution is 6.04. The van der Waals surface area contributed by atoms with Crippen LogP contribution in [0.4, 0.5) is 0 Å². The van der Waals surface area contributed by atoms with Crippen molar-refractivity contribution in [2.45, 2.75) is 75.8 Å². The van der Waals surface area contributed by atoms with Gasteiger partial charge in [0.15, 0.2) is 11.6 Å². The Bertz CT molecular complexity index is 1080. The molecule has 162 valence electrons. The van der Waals surface area contributed by atoms with Gasteiger partial charge in [-0.2, -0.15) is 0 Å². The van der Waals surface area contributed by atoms with Gasteiger partial charge in [-0.1, -0.05) is 31.6 Å². The van der Waals surface area contributed by atoms with Gasteiger partial charge in [-0.25, -0.2) is 0 Å². The third kappa shape index (κ3) is 3.44. The molecule has 1 aliphatic heterocycles. The van der Waals surface area contributed by atoms with E-state index in [2.05, 4.69) is 16.5 Å². The van der Waals surface area contributed by atoms with E-state index in [1.54, 1.807) is 0 Å². The number of fused-ring (bicyclic) bond motifs is 4. The van der Waals surface area contributed by atoms with Crippen molar-refractivity contribution in [3.8, 4) is 0 Å². The number of carbonyl (C=O) groups is 3. The zero-order valence-corrected chi connectivity index (χ0v) is 18.0. The summed E-state index contributed by atoms with van der Waals surface area (Å²) < 4.78 is 2.25. The van der Waals surface area contributed by atoms with Gasteiger partial charge in [-0.05, 0) is 62.7 Å². The minimum Gasteiger partial charge on any atom is -0.350 e. The lowest BCUT2D eigenvalue weighted by atomic mass is 9.71. The summed E-state index contributed by atoms with van der Waals surface area (Å²) in [6.45, 7) is 3.54. The van der Waals surface area contributed by atoms with Gasteiger partial charge in [-0.15, -0.1) is 0 Å². The zero-order valence-electron chi connectivity index (χ0n) is 18.0. The summed E-state index contributed by atoms with van der Waals surface area (Å²) in [5.74, 6) is 0.319.